The van der Waals surface area contributed by atoms with Crippen molar-refractivity contribution in [2.45, 2.75) is 26.4 Å². The fraction of sp³-hybridized carbons (Fsp3) is 0.400. The highest BCUT2D eigenvalue weighted by molar-refractivity contribution is 5.92. The Labute approximate surface area is 156 Å². The van der Waals surface area contributed by atoms with E-state index in [-0.39, 0.29) is 36.0 Å². The van der Waals surface area contributed by atoms with E-state index in [0.29, 0.717) is 31.2 Å². The second kappa shape index (κ2) is 8.70. The van der Waals surface area contributed by atoms with E-state index in [0.717, 1.165) is 12.8 Å². The van der Waals surface area contributed by atoms with Gasteiger partial charge in [-0.15, -0.1) is 0 Å². The first-order valence-corrected chi connectivity index (χ1v) is 9.00. The van der Waals surface area contributed by atoms with Crippen molar-refractivity contribution in [3.8, 4) is 5.75 Å². The number of carbonyl (C=O) groups excluding carboxylic acids is 2. The first-order chi connectivity index (χ1) is 13.1. The number of esters is 1. The first-order valence-electron chi connectivity index (χ1n) is 9.00. The van der Waals surface area contributed by atoms with Gasteiger partial charge in [-0.1, -0.05) is 0 Å². The summed E-state index contributed by atoms with van der Waals surface area (Å²) in [4.78, 5) is 26.2. The molecule has 0 bridgehead atoms. The second-order valence-electron chi connectivity index (χ2n) is 6.35. The maximum Gasteiger partial charge on any atom is 0.310 e. The summed E-state index contributed by atoms with van der Waals surface area (Å²) in [5, 5.41) is 0. The lowest BCUT2D eigenvalue weighted by atomic mass is 9.98. The largest absolute Gasteiger partial charge is 0.486 e. The van der Waals surface area contributed by atoms with E-state index in [2.05, 4.69) is 0 Å². The summed E-state index contributed by atoms with van der Waals surface area (Å²) in [7, 11) is 0. The molecule has 3 rings (SSSR count). The normalized spacial score (nSPS) is 16.8. The van der Waals surface area contributed by atoms with Crippen molar-refractivity contribution in [2.24, 2.45) is 5.92 Å². The van der Waals surface area contributed by atoms with Gasteiger partial charge < -0.3 is 18.8 Å². The number of hydrogen-bond acceptors (Lipinski definition) is 5. The summed E-state index contributed by atoms with van der Waals surface area (Å²) in [5.41, 5.74) is 0. The van der Waals surface area contributed by atoms with Crippen LogP contribution in [0.5, 0.6) is 5.75 Å². The molecule has 0 saturated carbocycles. The molecular weight excluding hydrogens is 353 g/mol. The summed E-state index contributed by atoms with van der Waals surface area (Å²) in [5.74, 6) is 0.0578. The van der Waals surface area contributed by atoms with Gasteiger partial charge in [0.2, 0.25) is 0 Å². The summed E-state index contributed by atoms with van der Waals surface area (Å²) >= 11 is 0. The molecule has 1 amide bonds. The molecule has 1 aliphatic heterocycles. The van der Waals surface area contributed by atoms with Gasteiger partial charge in [-0.25, -0.2) is 4.39 Å². The molecule has 1 aromatic carbocycles. The lowest BCUT2D eigenvalue weighted by Crippen LogP contribution is -2.42. The number of nitrogens with zero attached hydrogens (tertiary/aromatic N) is 1. The van der Waals surface area contributed by atoms with Crippen LogP contribution in [-0.2, 0) is 16.1 Å². The Kier molecular flexibility index (Phi) is 6.11. The van der Waals surface area contributed by atoms with Crippen LogP contribution < -0.4 is 4.74 Å². The number of halogens is 1. The lowest BCUT2D eigenvalue weighted by molar-refractivity contribution is -0.149. The molecule has 1 saturated heterocycles. The molecule has 1 aliphatic rings. The third kappa shape index (κ3) is 4.87. The van der Waals surface area contributed by atoms with E-state index < -0.39 is 0 Å². The van der Waals surface area contributed by atoms with Crippen molar-refractivity contribution < 1.29 is 27.9 Å². The Bertz CT molecular complexity index is 786. The second-order valence-corrected chi connectivity index (χ2v) is 6.35. The van der Waals surface area contributed by atoms with Gasteiger partial charge in [0.05, 0.1) is 12.5 Å². The SMILES string of the molecule is CCOC(=O)[C@@H]1CCCN(C(=O)c2ccc(COc3ccc(F)cc3)o2)C1. The van der Waals surface area contributed by atoms with E-state index in [1.54, 1.807) is 24.0 Å². The summed E-state index contributed by atoms with van der Waals surface area (Å²) in [6.45, 7) is 3.14. The van der Waals surface area contributed by atoms with Crippen molar-refractivity contribution in [1.29, 1.82) is 0 Å². The molecule has 0 spiro atoms. The van der Waals surface area contributed by atoms with Crippen LogP contribution in [0.25, 0.3) is 0 Å². The molecule has 2 heterocycles. The van der Waals surface area contributed by atoms with E-state index in [1.807, 2.05) is 0 Å². The molecule has 27 heavy (non-hydrogen) atoms. The molecule has 0 N–H and O–H groups in total. The molecule has 7 heteroatoms. The fourth-order valence-electron chi connectivity index (χ4n) is 3.03. The van der Waals surface area contributed by atoms with E-state index in [4.69, 9.17) is 13.9 Å². The van der Waals surface area contributed by atoms with Crippen LogP contribution in [0.2, 0.25) is 0 Å². The van der Waals surface area contributed by atoms with Crippen molar-refractivity contribution in [1.82, 2.24) is 4.90 Å². The van der Waals surface area contributed by atoms with Gasteiger partial charge in [0.25, 0.3) is 5.91 Å². The third-order valence-corrected chi connectivity index (χ3v) is 4.40. The van der Waals surface area contributed by atoms with Crippen LogP contribution in [0.1, 0.15) is 36.1 Å². The van der Waals surface area contributed by atoms with Gasteiger partial charge in [0.15, 0.2) is 5.76 Å². The Hall–Kier alpha value is -2.83. The third-order valence-electron chi connectivity index (χ3n) is 4.40. The predicted octanol–water partition coefficient (Wildman–Crippen LogP) is 3.41. The first kappa shape index (κ1) is 18.9. The van der Waals surface area contributed by atoms with Gasteiger partial charge in [-0.05, 0) is 56.2 Å². The zero-order chi connectivity index (χ0) is 19.2. The standard InChI is InChI=1S/C20H22FNO5/c1-2-25-20(24)14-4-3-11-22(12-14)19(23)18-10-9-17(27-18)13-26-16-7-5-15(21)6-8-16/h5-10,14H,2-4,11-13H2,1H3/t14-/m1/s1. The van der Waals surface area contributed by atoms with Gasteiger partial charge in [-0.2, -0.15) is 0 Å². The van der Waals surface area contributed by atoms with Crippen LogP contribution in [0.4, 0.5) is 4.39 Å². The van der Waals surface area contributed by atoms with E-state index in [9.17, 15) is 14.0 Å². The van der Waals surface area contributed by atoms with Crippen LogP contribution in [-0.4, -0.2) is 36.5 Å². The summed E-state index contributed by atoms with van der Waals surface area (Å²) in [6, 6.07) is 8.93. The molecule has 6 nitrogen and oxygen atoms in total. The lowest BCUT2D eigenvalue weighted by Gasteiger charge is -2.30. The number of ether oxygens (including phenoxy) is 2. The Morgan fingerprint density at radius 3 is 2.74 bits per heavy atom. The van der Waals surface area contributed by atoms with Gasteiger partial charge >= 0.3 is 5.97 Å². The molecule has 0 aliphatic carbocycles. The maximum atomic E-state index is 12.9. The van der Waals surface area contributed by atoms with Crippen LogP contribution >= 0.6 is 0 Å². The molecular formula is C20H22FNO5. The molecule has 1 atom stereocenters. The van der Waals surface area contributed by atoms with Crippen molar-refractivity contribution >= 4 is 11.9 Å². The smallest absolute Gasteiger partial charge is 0.310 e. The van der Waals surface area contributed by atoms with E-state index >= 15 is 0 Å². The van der Waals surface area contributed by atoms with Crippen LogP contribution in [0.15, 0.2) is 40.8 Å². The van der Waals surface area contributed by atoms with Crippen molar-refractivity contribution in [3.63, 3.8) is 0 Å². The minimum atomic E-state index is -0.337. The highest BCUT2D eigenvalue weighted by Crippen LogP contribution is 2.21. The molecule has 1 fully saturated rings. The highest BCUT2D eigenvalue weighted by Gasteiger charge is 2.30. The van der Waals surface area contributed by atoms with Crippen LogP contribution in [0, 0.1) is 11.7 Å². The average molecular weight is 375 g/mol. The topological polar surface area (TPSA) is 69.0 Å². The Morgan fingerprint density at radius 2 is 2.00 bits per heavy atom. The number of piperidine rings is 1. The van der Waals surface area contributed by atoms with Crippen LogP contribution in [0.3, 0.4) is 0 Å². The molecule has 2 aromatic rings. The number of amides is 1. The fourth-order valence-corrected chi connectivity index (χ4v) is 3.03. The van der Waals surface area contributed by atoms with Gasteiger partial charge in [0.1, 0.15) is 23.9 Å². The van der Waals surface area contributed by atoms with Gasteiger partial charge in [-0.3, -0.25) is 9.59 Å². The Morgan fingerprint density at radius 1 is 1.22 bits per heavy atom. The summed E-state index contributed by atoms with van der Waals surface area (Å²) in [6.07, 6.45) is 1.47. The minimum absolute atomic E-state index is 0.129. The number of carbonyl (C=O) groups is 2. The minimum Gasteiger partial charge on any atom is -0.486 e. The van der Waals surface area contributed by atoms with E-state index in [1.165, 1.54) is 24.3 Å². The number of hydrogen-bond donors (Lipinski definition) is 0. The quantitative estimate of drug-likeness (QED) is 0.724. The molecule has 0 unspecified atom stereocenters. The monoisotopic (exact) mass is 375 g/mol. The molecule has 144 valence electrons. The van der Waals surface area contributed by atoms with Crippen molar-refractivity contribution in [3.05, 3.63) is 53.7 Å². The van der Waals surface area contributed by atoms with Crippen molar-refractivity contribution in [2.75, 3.05) is 19.7 Å². The van der Waals surface area contributed by atoms with Gasteiger partial charge in [0, 0.05) is 13.1 Å². The predicted molar refractivity (Wildman–Crippen MR) is 94.7 cm³/mol. The zero-order valence-corrected chi connectivity index (χ0v) is 15.2. The number of furan rings is 1. The zero-order valence-electron chi connectivity index (χ0n) is 15.2. The summed E-state index contributed by atoms with van der Waals surface area (Å²) < 4.78 is 29.0. The highest BCUT2D eigenvalue weighted by atomic mass is 19.1. The number of rotatable bonds is 6. The average Bonchev–Trinajstić information content (AvgIpc) is 3.16. The number of benzene rings is 1. The Balaban J connectivity index is 1.57. The molecule has 1 aromatic heterocycles. The number of likely N-dealkylation sites (tertiary alicyclic amines) is 1. The molecule has 0 radical (unpaired) electrons. The maximum absolute atomic E-state index is 12.9.